The molecule has 0 bridgehead atoms. The maximum absolute atomic E-state index is 12.1. The lowest BCUT2D eigenvalue weighted by Gasteiger charge is -2.07. The van der Waals surface area contributed by atoms with Crippen LogP contribution < -0.4 is 10.1 Å². The average molecular weight is 307 g/mol. The first-order valence-electron chi connectivity index (χ1n) is 7.51. The van der Waals surface area contributed by atoms with E-state index in [4.69, 9.17) is 4.74 Å². The Labute approximate surface area is 134 Å². The predicted molar refractivity (Wildman–Crippen MR) is 88.4 cm³/mol. The summed E-state index contributed by atoms with van der Waals surface area (Å²) in [7, 11) is 0. The van der Waals surface area contributed by atoms with Crippen molar-refractivity contribution in [2.75, 3.05) is 13.2 Å². The minimum Gasteiger partial charge on any atom is -0.494 e. The molecule has 0 atom stereocenters. The fraction of sp³-hybridized carbons (Fsp3) is 0.167. The maximum atomic E-state index is 12.1. The van der Waals surface area contributed by atoms with Gasteiger partial charge in [0.1, 0.15) is 11.4 Å². The number of ether oxygens (including phenoxy) is 1. The van der Waals surface area contributed by atoms with Crippen molar-refractivity contribution in [2.45, 2.75) is 6.42 Å². The van der Waals surface area contributed by atoms with E-state index in [-0.39, 0.29) is 5.91 Å². The first-order chi connectivity index (χ1) is 11.3. The zero-order valence-corrected chi connectivity index (χ0v) is 12.6. The van der Waals surface area contributed by atoms with Crippen LogP contribution in [-0.4, -0.2) is 29.0 Å². The van der Waals surface area contributed by atoms with Gasteiger partial charge in [0.15, 0.2) is 0 Å². The van der Waals surface area contributed by atoms with Crippen molar-refractivity contribution in [3.05, 3.63) is 66.5 Å². The molecule has 0 saturated carbocycles. The fourth-order valence-electron chi connectivity index (χ4n) is 2.14. The lowest BCUT2D eigenvalue weighted by molar-refractivity contribution is 0.0946. The van der Waals surface area contributed by atoms with Gasteiger partial charge in [0.2, 0.25) is 0 Å². The molecule has 0 saturated heterocycles. The largest absolute Gasteiger partial charge is 0.494 e. The molecular formula is C18H17N3O2. The third-order valence-electron chi connectivity index (χ3n) is 3.30. The van der Waals surface area contributed by atoms with Crippen molar-refractivity contribution >= 4 is 16.9 Å². The Bertz CT molecular complexity index is 790. The van der Waals surface area contributed by atoms with Crippen molar-refractivity contribution < 1.29 is 9.53 Å². The van der Waals surface area contributed by atoms with Crippen molar-refractivity contribution in [1.82, 2.24) is 15.3 Å². The summed E-state index contributed by atoms with van der Waals surface area (Å²) in [5.74, 6) is 0.613. The van der Waals surface area contributed by atoms with E-state index in [1.807, 2.05) is 54.6 Å². The summed E-state index contributed by atoms with van der Waals surface area (Å²) in [5.41, 5.74) is 1.82. The van der Waals surface area contributed by atoms with Crippen LogP contribution in [0.4, 0.5) is 0 Å². The first kappa shape index (κ1) is 15.0. The zero-order chi connectivity index (χ0) is 15.9. The molecule has 0 spiro atoms. The van der Waals surface area contributed by atoms with E-state index < -0.39 is 0 Å². The van der Waals surface area contributed by atoms with Crippen LogP contribution in [0.5, 0.6) is 5.75 Å². The van der Waals surface area contributed by atoms with Gasteiger partial charge in [0.25, 0.3) is 5.91 Å². The molecule has 0 unspecified atom stereocenters. The van der Waals surface area contributed by atoms with E-state index >= 15 is 0 Å². The Morgan fingerprint density at radius 1 is 1.00 bits per heavy atom. The highest BCUT2D eigenvalue weighted by atomic mass is 16.5. The van der Waals surface area contributed by atoms with Crippen molar-refractivity contribution in [3.8, 4) is 5.75 Å². The van der Waals surface area contributed by atoms with Gasteiger partial charge in [0.05, 0.1) is 23.8 Å². The van der Waals surface area contributed by atoms with Gasteiger partial charge in [-0.25, -0.2) is 4.98 Å². The highest BCUT2D eigenvalue weighted by Crippen LogP contribution is 2.09. The standard InChI is InChI=1S/C18H17N3O2/c22-18(17-13-20-15-9-4-5-10-16(15)21-17)19-11-6-12-23-14-7-2-1-3-8-14/h1-5,7-10,13H,6,11-12H2,(H,19,22). The molecule has 1 N–H and O–H groups in total. The second kappa shape index (κ2) is 7.35. The zero-order valence-electron chi connectivity index (χ0n) is 12.6. The Kier molecular flexibility index (Phi) is 4.79. The van der Waals surface area contributed by atoms with Crippen molar-refractivity contribution in [3.63, 3.8) is 0 Å². The number of benzene rings is 2. The van der Waals surface area contributed by atoms with E-state index in [9.17, 15) is 4.79 Å². The van der Waals surface area contributed by atoms with Crippen molar-refractivity contribution in [2.24, 2.45) is 0 Å². The smallest absolute Gasteiger partial charge is 0.271 e. The number of hydrogen-bond donors (Lipinski definition) is 1. The lowest BCUT2D eigenvalue weighted by atomic mass is 10.3. The number of nitrogens with zero attached hydrogens (tertiary/aromatic N) is 2. The van der Waals surface area contributed by atoms with Crippen LogP contribution in [0.15, 0.2) is 60.8 Å². The highest BCUT2D eigenvalue weighted by molar-refractivity contribution is 5.93. The number of hydrogen-bond acceptors (Lipinski definition) is 4. The summed E-state index contributed by atoms with van der Waals surface area (Å²) in [6.45, 7) is 1.08. The third-order valence-corrected chi connectivity index (χ3v) is 3.30. The third kappa shape index (κ3) is 4.03. The maximum Gasteiger partial charge on any atom is 0.271 e. The molecule has 3 aromatic rings. The van der Waals surface area contributed by atoms with Gasteiger partial charge in [-0.1, -0.05) is 30.3 Å². The van der Waals surface area contributed by atoms with E-state index in [1.54, 1.807) is 0 Å². The van der Waals surface area contributed by atoms with E-state index in [1.165, 1.54) is 6.20 Å². The van der Waals surface area contributed by atoms with E-state index in [0.29, 0.717) is 24.4 Å². The summed E-state index contributed by atoms with van der Waals surface area (Å²) in [5, 5.41) is 2.83. The van der Waals surface area contributed by atoms with Gasteiger partial charge >= 0.3 is 0 Å². The van der Waals surface area contributed by atoms with E-state index in [0.717, 1.165) is 17.7 Å². The Morgan fingerprint density at radius 2 is 1.74 bits per heavy atom. The van der Waals surface area contributed by atoms with Crippen LogP contribution in [-0.2, 0) is 0 Å². The lowest BCUT2D eigenvalue weighted by Crippen LogP contribution is -2.26. The monoisotopic (exact) mass is 307 g/mol. The molecule has 0 radical (unpaired) electrons. The number of aromatic nitrogens is 2. The minimum absolute atomic E-state index is 0.219. The molecule has 5 heteroatoms. The highest BCUT2D eigenvalue weighted by Gasteiger charge is 2.08. The number of nitrogens with one attached hydrogen (secondary N) is 1. The van der Waals surface area contributed by atoms with Gasteiger partial charge in [-0.05, 0) is 30.7 Å². The Morgan fingerprint density at radius 3 is 2.57 bits per heavy atom. The first-order valence-corrected chi connectivity index (χ1v) is 7.51. The van der Waals surface area contributed by atoms with Gasteiger partial charge in [-0.3, -0.25) is 9.78 Å². The molecule has 0 aliphatic carbocycles. The molecule has 23 heavy (non-hydrogen) atoms. The van der Waals surface area contributed by atoms with Gasteiger partial charge in [-0.15, -0.1) is 0 Å². The second-order valence-electron chi connectivity index (χ2n) is 5.01. The normalized spacial score (nSPS) is 10.4. The molecule has 3 rings (SSSR count). The van der Waals surface area contributed by atoms with Crippen molar-refractivity contribution in [1.29, 1.82) is 0 Å². The minimum atomic E-state index is -0.219. The number of para-hydroxylation sites is 3. The van der Waals surface area contributed by atoms with Crippen LogP contribution in [0.25, 0.3) is 11.0 Å². The molecule has 0 aliphatic rings. The summed E-state index contributed by atoms with van der Waals surface area (Å²) < 4.78 is 5.57. The number of carbonyl (C=O) groups excluding carboxylic acids is 1. The molecule has 1 heterocycles. The molecule has 0 aliphatic heterocycles. The SMILES string of the molecule is O=C(NCCCOc1ccccc1)c1cnc2ccccc2n1. The Balaban J connectivity index is 1.47. The summed E-state index contributed by atoms with van der Waals surface area (Å²) in [6.07, 6.45) is 2.22. The number of fused-ring (bicyclic) bond motifs is 1. The molecule has 1 amide bonds. The number of carbonyl (C=O) groups is 1. The summed E-state index contributed by atoms with van der Waals surface area (Å²) in [4.78, 5) is 20.6. The van der Waals surface area contributed by atoms with Crippen LogP contribution in [0.3, 0.4) is 0 Å². The number of rotatable bonds is 6. The van der Waals surface area contributed by atoms with E-state index in [2.05, 4.69) is 15.3 Å². The van der Waals surface area contributed by atoms with Crippen LogP contribution in [0, 0.1) is 0 Å². The van der Waals surface area contributed by atoms with Crippen LogP contribution >= 0.6 is 0 Å². The number of amides is 1. The van der Waals surface area contributed by atoms with Crippen LogP contribution in [0.2, 0.25) is 0 Å². The van der Waals surface area contributed by atoms with Gasteiger partial charge in [-0.2, -0.15) is 0 Å². The molecule has 0 fully saturated rings. The molecule has 5 nitrogen and oxygen atoms in total. The molecule has 1 aromatic heterocycles. The molecule has 116 valence electrons. The topological polar surface area (TPSA) is 64.1 Å². The van der Waals surface area contributed by atoms with Gasteiger partial charge in [0, 0.05) is 6.54 Å². The predicted octanol–water partition coefficient (Wildman–Crippen LogP) is 2.83. The fourth-order valence-corrected chi connectivity index (χ4v) is 2.14. The van der Waals surface area contributed by atoms with Crippen LogP contribution in [0.1, 0.15) is 16.9 Å². The molecule has 2 aromatic carbocycles. The Hall–Kier alpha value is -2.95. The summed E-state index contributed by atoms with van der Waals surface area (Å²) in [6, 6.07) is 17.1. The molecular weight excluding hydrogens is 290 g/mol. The quantitative estimate of drug-likeness (QED) is 0.711. The average Bonchev–Trinajstić information content (AvgIpc) is 2.61. The second-order valence-corrected chi connectivity index (χ2v) is 5.01. The van der Waals surface area contributed by atoms with Gasteiger partial charge < -0.3 is 10.1 Å². The summed E-state index contributed by atoms with van der Waals surface area (Å²) >= 11 is 0.